The molecular formula is C8H11Cl2NO3S. The highest BCUT2D eigenvalue weighted by atomic mass is 35.5. The maximum absolute atomic E-state index is 11.5. The van der Waals surface area contributed by atoms with Crippen LogP contribution in [-0.2, 0) is 9.59 Å². The van der Waals surface area contributed by atoms with Crippen molar-refractivity contribution in [1.82, 2.24) is 4.90 Å². The third kappa shape index (κ3) is 2.92. The fourth-order valence-electron chi connectivity index (χ4n) is 1.39. The summed E-state index contributed by atoms with van der Waals surface area (Å²) in [4.78, 5) is 22.7. The van der Waals surface area contributed by atoms with Crippen molar-refractivity contribution in [3.8, 4) is 0 Å². The normalized spacial score (nSPS) is 23.2. The van der Waals surface area contributed by atoms with E-state index in [1.165, 1.54) is 16.7 Å². The average Bonchev–Trinajstić information content (AvgIpc) is 2.63. The third-order valence-corrected chi connectivity index (χ3v) is 4.01. The summed E-state index contributed by atoms with van der Waals surface area (Å²) in [6, 6.07) is 0. The molecule has 7 heteroatoms. The zero-order valence-corrected chi connectivity index (χ0v) is 10.3. The van der Waals surface area contributed by atoms with E-state index in [2.05, 4.69) is 0 Å². The van der Waals surface area contributed by atoms with Gasteiger partial charge in [-0.15, -0.1) is 11.8 Å². The molecule has 1 fully saturated rings. The summed E-state index contributed by atoms with van der Waals surface area (Å²) in [6.07, 6.45) is 0. The minimum atomic E-state index is -1.12. The number of aliphatic carboxylic acids is 1. The number of hydrogen-bond acceptors (Lipinski definition) is 3. The third-order valence-electron chi connectivity index (χ3n) is 2.21. The molecule has 0 aromatic heterocycles. The molecule has 1 saturated heterocycles. The number of hydrogen-bond donors (Lipinski definition) is 1. The van der Waals surface area contributed by atoms with E-state index in [0.29, 0.717) is 12.3 Å². The first kappa shape index (κ1) is 12.9. The zero-order valence-electron chi connectivity index (χ0n) is 8.02. The van der Waals surface area contributed by atoms with Gasteiger partial charge in [-0.25, -0.2) is 0 Å². The molecule has 1 aliphatic rings. The molecule has 0 saturated carbocycles. The molecule has 1 amide bonds. The van der Waals surface area contributed by atoms with E-state index < -0.39 is 22.6 Å². The topological polar surface area (TPSA) is 57.6 Å². The number of carbonyl (C=O) groups is 2. The molecular weight excluding hydrogens is 261 g/mol. The molecule has 1 aliphatic heterocycles. The quantitative estimate of drug-likeness (QED) is 0.789. The Hall–Kier alpha value is -0.130. The van der Waals surface area contributed by atoms with Crippen molar-refractivity contribution in [1.29, 1.82) is 0 Å². The van der Waals surface area contributed by atoms with Crippen LogP contribution in [0.25, 0.3) is 0 Å². The van der Waals surface area contributed by atoms with Gasteiger partial charge in [0.25, 0.3) is 5.91 Å². The highest BCUT2D eigenvalue weighted by Gasteiger charge is 2.38. The molecule has 0 bridgehead atoms. The molecule has 0 aromatic carbocycles. The van der Waals surface area contributed by atoms with E-state index in [1.54, 1.807) is 6.92 Å². The van der Waals surface area contributed by atoms with E-state index in [0.717, 1.165) is 0 Å². The Bertz CT molecular complexity index is 275. The highest BCUT2D eigenvalue weighted by molar-refractivity contribution is 8.00. The Balaban J connectivity index is 2.73. The Kier molecular flexibility index (Phi) is 4.55. The first-order valence-corrected chi connectivity index (χ1v) is 6.30. The summed E-state index contributed by atoms with van der Waals surface area (Å²) in [5.41, 5.74) is 0. The lowest BCUT2D eigenvalue weighted by Gasteiger charge is -2.26. The average molecular weight is 272 g/mol. The molecule has 1 N–H and O–H groups in total. The fourth-order valence-corrected chi connectivity index (χ4v) is 2.97. The van der Waals surface area contributed by atoms with Crippen molar-refractivity contribution < 1.29 is 14.7 Å². The van der Waals surface area contributed by atoms with Crippen molar-refractivity contribution in [3.05, 3.63) is 0 Å². The Morgan fingerprint density at radius 1 is 1.53 bits per heavy atom. The summed E-state index contributed by atoms with van der Waals surface area (Å²) >= 11 is 12.4. The van der Waals surface area contributed by atoms with E-state index in [4.69, 9.17) is 28.3 Å². The SMILES string of the molecule is CC(C(=O)O)C1SCCN1C(=O)C(Cl)Cl. The fraction of sp³-hybridized carbons (Fsp3) is 0.750. The molecule has 2 atom stereocenters. The van der Waals surface area contributed by atoms with Gasteiger partial charge in [0.05, 0.1) is 11.3 Å². The van der Waals surface area contributed by atoms with Crippen LogP contribution in [0.3, 0.4) is 0 Å². The number of thioether (sulfide) groups is 1. The second kappa shape index (κ2) is 5.27. The number of amides is 1. The van der Waals surface area contributed by atoms with Crippen molar-refractivity contribution in [3.63, 3.8) is 0 Å². The number of halogens is 2. The van der Waals surface area contributed by atoms with Crippen molar-refractivity contribution in [2.24, 2.45) is 5.92 Å². The molecule has 4 nitrogen and oxygen atoms in total. The first-order chi connectivity index (χ1) is 6.95. The second-order valence-electron chi connectivity index (χ2n) is 3.22. The highest BCUT2D eigenvalue weighted by Crippen LogP contribution is 2.31. The van der Waals surface area contributed by atoms with Crippen LogP contribution in [0, 0.1) is 5.92 Å². The molecule has 15 heavy (non-hydrogen) atoms. The molecule has 1 rings (SSSR count). The van der Waals surface area contributed by atoms with Crippen molar-refractivity contribution in [2.75, 3.05) is 12.3 Å². The number of carboxylic acids is 1. The summed E-state index contributed by atoms with van der Waals surface area (Å²) in [5, 5.41) is 8.50. The number of carboxylic acid groups (broad SMARTS) is 1. The number of nitrogens with zero attached hydrogens (tertiary/aromatic N) is 1. The number of rotatable bonds is 3. The van der Waals surface area contributed by atoms with Crippen LogP contribution in [0.4, 0.5) is 0 Å². The van der Waals surface area contributed by atoms with Crippen LogP contribution < -0.4 is 0 Å². The summed E-state index contributed by atoms with van der Waals surface area (Å²) < 4.78 is 0. The molecule has 0 aromatic rings. The maximum atomic E-state index is 11.5. The number of carbonyl (C=O) groups excluding carboxylic acids is 1. The van der Waals surface area contributed by atoms with Gasteiger partial charge >= 0.3 is 5.97 Å². The standard InChI is InChI=1S/C8H11Cl2NO3S/c1-4(8(13)14)7-11(2-3-15-7)6(12)5(9)10/h4-5,7H,2-3H2,1H3,(H,13,14). The lowest BCUT2D eigenvalue weighted by Crippen LogP contribution is -2.43. The Labute approximate surface area is 102 Å². The summed E-state index contributed by atoms with van der Waals surface area (Å²) in [5.74, 6) is -1.24. The lowest BCUT2D eigenvalue weighted by molar-refractivity contribution is -0.143. The van der Waals surface area contributed by atoms with Crippen molar-refractivity contribution in [2.45, 2.75) is 17.1 Å². The molecule has 1 heterocycles. The van der Waals surface area contributed by atoms with Crippen LogP contribution in [-0.4, -0.2) is 44.4 Å². The molecule has 0 aliphatic carbocycles. The minimum absolute atomic E-state index is 0.366. The van der Waals surface area contributed by atoms with E-state index >= 15 is 0 Å². The van der Waals surface area contributed by atoms with Crippen LogP contribution in [0.2, 0.25) is 0 Å². The molecule has 0 radical (unpaired) electrons. The van der Waals surface area contributed by atoms with Gasteiger partial charge in [-0.05, 0) is 6.92 Å². The van der Waals surface area contributed by atoms with Crippen LogP contribution >= 0.6 is 35.0 Å². The van der Waals surface area contributed by atoms with Gasteiger partial charge < -0.3 is 10.0 Å². The Morgan fingerprint density at radius 3 is 2.60 bits per heavy atom. The summed E-state index contributed by atoms with van der Waals surface area (Å²) in [7, 11) is 0. The van der Waals surface area contributed by atoms with E-state index in [9.17, 15) is 9.59 Å². The second-order valence-corrected chi connectivity index (χ2v) is 5.54. The van der Waals surface area contributed by atoms with Crippen LogP contribution in [0.15, 0.2) is 0 Å². The number of alkyl halides is 2. The van der Waals surface area contributed by atoms with E-state index in [1.807, 2.05) is 0 Å². The van der Waals surface area contributed by atoms with Gasteiger partial charge in [-0.2, -0.15) is 0 Å². The molecule has 86 valence electrons. The predicted molar refractivity (Wildman–Crippen MR) is 60.3 cm³/mol. The lowest BCUT2D eigenvalue weighted by atomic mass is 10.1. The van der Waals surface area contributed by atoms with Gasteiger partial charge in [0.1, 0.15) is 0 Å². The van der Waals surface area contributed by atoms with Gasteiger partial charge in [-0.1, -0.05) is 23.2 Å². The molecule has 0 spiro atoms. The van der Waals surface area contributed by atoms with Crippen LogP contribution in [0.5, 0.6) is 0 Å². The Morgan fingerprint density at radius 2 is 2.13 bits per heavy atom. The van der Waals surface area contributed by atoms with Gasteiger partial charge in [-0.3, -0.25) is 9.59 Å². The largest absolute Gasteiger partial charge is 0.481 e. The van der Waals surface area contributed by atoms with Crippen molar-refractivity contribution >= 4 is 46.8 Å². The summed E-state index contributed by atoms with van der Waals surface area (Å²) in [6.45, 7) is 2.07. The van der Waals surface area contributed by atoms with Gasteiger partial charge in [0.15, 0.2) is 4.84 Å². The first-order valence-electron chi connectivity index (χ1n) is 4.38. The van der Waals surface area contributed by atoms with E-state index in [-0.39, 0.29) is 5.37 Å². The zero-order chi connectivity index (χ0) is 11.6. The predicted octanol–water partition coefficient (Wildman–Crippen LogP) is 1.41. The minimum Gasteiger partial charge on any atom is -0.481 e. The van der Waals surface area contributed by atoms with Crippen LogP contribution in [0.1, 0.15) is 6.92 Å². The smallest absolute Gasteiger partial charge is 0.309 e. The molecule has 2 unspecified atom stereocenters. The monoisotopic (exact) mass is 271 g/mol. The maximum Gasteiger partial charge on any atom is 0.309 e. The van der Waals surface area contributed by atoms with Gasteiger partial charge in [0, 0.05) is 12.3 Å². The van der Waals surface area contributed by atoms with Gasteiger partial charge in [0.2, 0.25) is 0 Å².